The van der Waals surface area contributed by atoms with E-state index in [1.165, 1.54) is 17.4 Å². The smallest absolute Gasteiger partial charge is 0.339 e. The maximum absolute atomic E-state index is 13.0. The van der Waals surface area contributed by atoms with Crippen LogP contribution in [0.4, 0.5) is 0 Å². The van der Waals surface area contributed by atoms with Crippen LogP contribution >= 0.6 is 11.3 Å². The van der Waals surface area contributed by atoms with Gasteiger partial charge in [-0.2, -0.15) is 0 Å². The zero-order chi connectivity index (χ0) is 21.7. The number of nitrogens with one attached hydrogen (secondary N) is 1. The summed E-state index contributed by atoms with van der Waals surface area (Å²) in [7, 11) is 0. The molecular weight excluding hydrogens is 402 g/mol. The van der Waals surface area contributed by atoms with Gasteiger partial charge in [0.15, 0.2) is 12.4 Å². The third-order valence-corrected chi connectivity index (χ3v) is 5.23. The molecule has 0 atom stereocenters. The van der Waals surface area contributed by atoms with Crippen LogP contribution in [-0.4, -0.2) is 30.2 Å². The van der Waals surface area contributed by atoms with Gasteiger partial charge in [0.05, 0.1) is 10.4 Å². The van der Waals surface area contributed by atoms with Crippen molar-refractivity contribution in [3.8, 4) is 0 Å². The molecule has 30 heavy (non-hydrogen) atoms. The number of rotatable bonds is 6. The molecule has 152 valence electrons. The van der Waals surface area contributed by atoms with E-state index in [4.69, 9.17) is 4.74 Å². The number of carbonyl (C=O) groups is 4. The zero-order valence-electron chi connectivity index (χ0n) is 16.4. The van der Waals surface area contributed by atoms with Crippen LogP contribution in [-0.2, 0) is 9.53 Å². The topological polar surface area (TPSA) is 89.5 Å². The van der Waals surface area contributed by atoms with Crippen LogP contribution in [0.1, 0.15) is 47.1 Å². The van der Waals surface area contributed by atoms with Crippen LogP contribution in [0.3, 0.4) is 0 Å². The summed E-state index contributed by atoms with van der Waals surface area (Å²) in [4.78, 5) is 49.8. The van der Waals surface area contributed by atoms with E-state index in [0.29, 0.717) is 10.4 Å². The van der Waals surface area contributed by atoms with Crippen LogP contribution in [0.15, 0.2) is 60.0 Å². The van der Waals surface area contributed by atoms with E-state index in [1.807, 2.05) is 26.0 Å². The minimum Gasteiger partial charge on any atom is -0.452 e. The normalized spacial score (nSPS) is 10.3. The molecule has 6 nitrogen and oxygen atoms in total. The fourth-order valence-electron chi connectivity index (χ4n) is 2.83. The Morgan fingerprint density at radius 2 is 1.63 bits per heavy atom. The molecule has 1 heterocycles. The molecular formula is C23H19NO5S. The molecule has 3 rings (SSSR count). The second-order valence-corrected chi connectivity index (χ2v) is 7.57. The fraction of sp³-hybridized carbons (Fsp3) is 0.130. The van der Waals surface area contributed by atoms with Crippen molar-refractivity contribution in [1.82, 2.24) is 5.32 Å². The number of imide groups is 1. The molecule has 2 amide bonds. The highest BCUT2D eigenvalue weighted by Gasteiger charge is 2.21. The van der Waals surface area contributed by atoms with Crippen LogP contribution in [0.25, 0.3) is 0 Å². The SMILES string of the molecule is Cc1ccc(C)c(C(=O)c2ccccc2C(=O)OCC(=O)NC(=O)c2cccs2)c1. The second-order valence-electron chi connectivity index (χ2n) is 6.62. The van der Waals surface area contributed by atoms with E-state index in [-0.39, 0.29) is 16.9 Å². The number of esters is 1. The highest BCUT2D eigenvalue weighted by atomic mass is 32.1. The lowest BCUT2D eigenvalue weighted by Gasteiger charge is -2.11. The van der Waals surface area contributed by atoms with Crippen molar-refractivity contribution in [1.29, 1.82) is 0 Å². The van der Waals surface area contributed by atoms with Gasteiger partial charge in [0.25, 0.3) is 11.8 Å². The Morgan fingerprint density at radius 3 is 2.33 bits per heavy atom. The first-order chi connectivity index (χ1) is 14.4. The van der Waals surface area contributed by atoms with E-state index in [9.17, 15) is 19.2 Å². The number of aryl methyl sites for hydroxylation is 2. The first-order valence-corrected chi connectivity index (χ1v) is 10.0. The van der Waals surface area contributed by atoms with Crippen molar-refractivity contribution < 1.29 is 23.9 Å². The molecule has 0 fully saturated rings. The van der Waals surface area contributed by atoms with Gasteiger partial charge in [0, 0.05) is 11.1 Å². The zero-order valence-corrected chi connectivity index (χ0v) is 17.2. The molecule has 3 aromatic rings. The summed E-state index contributed by atoms with van der Waals surface area (Å²) in [5.74, 6) is -2.43. The third-order valence-electron chi connectivity index (χ3n) is 4.36. The highest BCUT2D eigenvalue weighted by molar-refractivity contribution is 7.12. The lowest BCUT2D eigenvalue weighted by Crippen LogP contribution is -2.33. The van der Waals surface area contributed by atoms with E-state index >= 15 is 0 Å². The largest absolute Gasteiger partial charge is 0.452 e. The second kappa shape index (κ2) is 9.28. The molecule has 0 saturated heterocycles. The van der Waals surface area contributed by atoms with Crippen LogP contribution in [0.2, 0.25) is 0 Å². The Balaban J connectivity index is 1.71. The van der Waals surface area contributed by atoms with Gasteiger partial charge in [-0.05, 0) is 43.0 Å². The monoisotopic (exact) mass is 421 g/mol. The van der Waals surface area contributed by atoms with Gasteiger partial charge in [0.1, 0.15) is 0 Å². The van der Waals surface area contributed by atoms with Gasteiger partial charge in [-0.15, -0.1) is 11.3 Å². The van der Waals surface area contributed by atoms with E-state index in [2.05, 4.69) is 5.32 Å². The van der Waals surface area contributed by atoms with E-state index < -0.39 is 24.4 Å². The summed E-state index contributed by atoms with van der Waals surface area (Å²) in [5.41, 5.74) is 2.46. The van der Waals surface area contributed by atoms with Crippen molar-refractivity contribution in [2.24, 2.45) is 0 Å². The van der Waals surface area contributed by atoms with Gasteiger partial charge in [-0.3, -0.25) is 19.7 Å². The predicted molar refractivity (Wildman–Crippen MR) is 113 cm³/mol. The first kappa shape index (κ1) is 21.1. The van der Waals surface area contributed by atoms with Crippen molar-refractivity contribution in [2.45, 2.75) is 13.8 Å². The summed E-state index contributed by atoms with van der Waals surface area (Å²) in [6.07, 6.45) is 0. The van der Waals surface area contributed by atoms with Crippen LogP contribution in [0.5, 0.6) is 0 Å². The van der Waals surface area contributed by atoms with Crippen molar-refractivity contribution >= 4 is 34.9 Å². The lowest BCUT2D eigenvalue weighted by atomic mass is 9.94. The minimum atomic E-state index is -0.817. The third kappa shape index (κ3) is 4.87. The van der Waals surface area contributed by atoms with Crippen LogP contribution in [0, 0.1) is 13.8 Å². The molecule has 1 N–H and O–H groups in total. The molecule has 0 radical (unpaired) electrons. The van der Waals surface area contributed by atoms with Crippen molar-refractivity contribution in [2.75, 3.05) is 6.61 Å². The molecule has 7 heteroatoms. The Kier molecular flexibility index (Phi) is 6.54. The average Bonchev–Trinajstić information content (AvgIpc) is 3.28. The standard InChI is InChI=1S/C23H19NO5S/c1-14-9-10-15(2)18(12-14)21(26)16-6-3-4-7-17(16)23(28)29-13-20(25)24-22(27)19-8-5-11-30-19/h3-12H,13H2,1-2H3,(H,24,25,27). The van der Waals surface area contributed by atoms with Gasteiger partial charge in [-0.25, -0.2) is 4.79 Å². The van der Waals surface area contributed by atoms with Gasteiger partial charge in [0.2, 0.25) is 0 Å². The van der Waals surface area contributed by atoms with Gasteiger partial charge in [-0.1, -0.05) is 42.0 Å². The van der Waals surface area contributed by atoms with Gasteiger partial charge >= 0.3 is 5.97 Å². The molecule has 0 unspecified atom stereocenters. The number of amides is 2. The molecule has 0 bridgehead atoms. The summed E-state index contributed by atoms with van der Waals surface area (Å²) in [6.45, 7) is 3.07. The molecule has 0 aliphatic rings. The number of ether oxygens (including phenoxy) is 1. The summed E-state index contributed by atoms with van der Waals surface area (Å²) >= 11 is 1.19. The molecule has 2 aromatic carbocycles. The number of thiophene rings is 1. The Bertz CT molecular complexity index is 1120. The molecule has 0 spiro atoms. The summed E-state index contributed by atoms with van der Waals surface area (Å²) in [5, 5.41) is 3.87. The predicted octanol–water partition coefficient (Wildman–Crippen LogP) is 3.71. The number of ketones is 1. The summed E-state index contributed by atoms with van der Waals surface area (Å²) < 4.78 is 5.04. The number of hydrogen-bond acceptors (Lipinski definition) is 6. The number of hydrogen-bond donors (Lipinski definition) is 1. The van der Waals surface area contributed by atoms with E-state index in [1.54, 1.807) is 41.8 Å². The summed E-state index contributed by atoms with van der Waals surface area (Å²) in [6, 6.07) is 15.1. The fourth-order valence-corrected chi connectivity index (χ4v) is 3.44. The maximum Gasteiger partial charge on any atom is 0.339 e. The Hall–Kier alpha value is -3.58. The molecule has 0 aliphatic carbocycles. The Morgan fingerprint density at radius 1 is 0.900 bits per heavy atom. The molecule has 0 aliphatic heterocycles. The van der Waals surface area contributed by atoms with Gasteiger partial charge < -0.3 is 4.74 Å². The minimum absolute atomic E-state index is 0.0563. The highest BCUT2D eigenvalue weighted by Crippen LogP contribution is 2.19. The molecule has 0 saturated carbocycles. The maximum atomic E-state index is 13.0. The quantitative estimate of drug-likeness (QED) is 0.484. The number of benzene rings is 2. The van der Waals surface area contributed by atoms with Crippen molar-refractivity contribution in [3.05, 3.63) is 92.7 Å². The first-order valence-electron chi connectivity index (χ1n) is 9.12. The Labute approximate surface area is 177 Å². The lowest BCUT2D eigenvalue weighted by molar-refractivity contribution is -0.123. The van der Waals surface area contributed by atoms with E-state index in [0.717, 1.165) is 11.1 Å². The van der Waals surface area contributed by atoms with Crippen LogP contribution < -0.4 is 5.32 Å². The van der Waals surface area contributed by atoms with Crippen molar-refractivity contribution in [3.63, 3.8) is 0 Å². The average molecular weight is 421 g/mol. The number of carbonyl (C=O) groups excluding carboxylic acids is 4. The molecule has 1 aromatic heterocycles.